The third-order valence-corrected chi connectivity index (χ3v) is 5.20. The third-order valence-electron chi connectivity index (χ3n) is 3.78. The number of nitrogens with zero attached hydrogens (tertiary/aromatic N) is 1. The van der Waals surface area contributed by atoms with Gasteiger partial charge in [0, 0.05) is 42.1 Å². The molecule has 8 heteroatoms. The summed E-state index contributed by atoms with van der Waals surface area (Å²) < 4.78 is 0. The number of piperidine rings is 1. The second kappa shape index (κ2) is 9.56. The van der Waals surface area contributed by atoms with E-state index in [-0.39, 0.29) is 5.12 Å². The Morgan fingerprint density at radius 1 is 1.19 bits per heavy atom. The number of aliphatic carboxylic acids is 2. The predicted octanol–water partition coefficient (Wildman–Crippen LogP) is 2.83. The molecule has 0 spiro atoms. The Hall–Kier alpha value is -2.09. The first-order valence-corrected chi connectivity index (χ1v) is 9.11. The van der Waals surface area contributed by atoms with Crippen LogP contribution in [0.3, 0.4) is 0 Å². The summed E-state index contributed by atoms with van der Waals surface area (Å²) in [7, 11) is 0. The minimum absolute atomic E-state index is 0.225. The maximum absolute atomic E-state index is 11.4. The molecular formula is C18H18ClNO5S. The first kappa shape index (κ1) is 20.2. The average Bonchev–Trinajstić information content (AvgIpc) is 2.95. The standard InChI is InChI=1S/C14H14ClNOS.C4H4O4/c15-12-3-1-10(2-4-12)8-16-6-5-13-11(9-16)7-14(17)18-13;5-3(6)1-2-4(7)8/h1-4,7,13H,5-6,8-9H2;1-2H,(H,5,6)(H,7,8)/b;2-1-. The van der Waals surface area contributed by atoms with Crippen molar-refractivity contribution in [2.75, 3.05) is 13.1 Å². The van der Waals surface area contributed by atoms with E-state index in [9.17, 15) is 14.4 Å². The van der Waals surface area contributed by atoms with Crippen LogP contribution >= 0.6 is 23.4 Å². The molecule has 138 valence electrons. The van der Waals surface area contributed by atoms with E-state index in [4.69, 9.17) is 21.8 Å². The van der Waals surface area contributed by atoms with Crippen LogP contribution in [0.1, 0.15) is 12.0 Å². The highest BCUT2D eigenvalue weighted by atomic mass is 35.5. The molecule has 0 radical (unpaired) electrons. The highest BCUT2D eigenvalue weighted by molar-refractivity contribution is 8.15. The van der Waals surface area contributed by atoms with Crippen LogP contribution in [0.15, 0.2) is 48.1 Å². The van der Waals surface area contributed by atoms with E-state index in [0.717, 1.165) is 31.1 Å². The van der Waals surface area contributed by atoms with E-state index in [0.29, 0.717) is 17.4 Å². The van der Waals surface area contributed by atoms with Crippen molar-refractivity contribution >= 4 is 40.4 Å². The van der Waals surface area contributed by atoms with Crippen LogP contribution in [0, 0.1) is 0 Å². The van der Waals surface area contributed by atoms with Gasteiger partial charge in [-0.15, -0.1) is 0 Å². The van der Waals surface area contributed by atoms with Gasteiger partial charge in [-0.2, -0.15) is 0 Å². The van der Waals surface area contributed by atoms with Crippen LogP contribution in [0.25, 0.3) is 0 Å². The molecule has 0 bridgehead atoms. The second-order valence-electron chi connectivity index (χ2n) is 5.78. The van der Waals surface area contributed by atoms with Gasteiger partial charge in [-0.1, -0.05) is 35.5 Å². The highest BCUT2D eigenvalue weighted by Gasteiger charge is 2.30. The fourth-order valence-corrected chi connectivity index (χ4v) is 3.79. The van der Waals surface area contributed by atoms with Crippen molar-refractivity contribution in [1.82, 2.24) is 4.90 Å². The number of carboxylic acid groups (broad SMARTS) is 2. The zero-order valence-corrected chi connectivity index (χ0v) is 15.4. The second-order valence-corrected chi connectivity index (χ2v) is 7.42. The van der Waals surface area contributed by atoms with Gasteiger partial charge in [-0.25, -0.2) is 9.59 Å². The number of rotatable bonds is 4. The van der Waals surface area contributed by atoms with Gasteiger partial charge in [0.15, 0.2) is 0 Å². The zero-order chi connectivity index (χ0) is 19.1. The number of hydrogen-bond donors (Lipinski definition) is 2. The first-order valence-electron chi connectivity index (χ1n) is 7.85. The summed E-state index contributed by atoms with van der Waals surface area (Å²) in [6.45, 7) is 2.91. The van der Waals surface area contributed by atoms with Gasteiger partial charge in [0.2, 0.25) is 5.12 Å². The number of carbonyl (C=O) groups excluding carboxylic acids is 1. The van der Waals surface area contributed by atoms with E-state index in [1.165, 1.54) is 22.9 Å². The minimum Gasteiger partial charge on any atom is -0.478 e. The van der Waals surface area contributed by atoms with Crippen molar-refractivity contribution in [2.45, 2.75) is 18.2 Å². The highest BCUT2D eigenvalue weighted by Crippen LogP contribution is 2.34. The summed E-state index contributed by atoms with van der Waals surface area (Å²) in [4.78, 5) is 32.9. The number of fused-ring (bicyclic) bond motifs is 1. The normalized spacial score (nSPS) is 19.5. The number of halogens is 1. The monoisotopic (exact) mass is 395 g/mol. The summed E-state index contributed by atoms with van der Waals surface area (Å²) in [5.74, 6) is -2.51. The van der Waals surface area contributed by atoms with Crippen LogP contribution in [0.2, 0.25) is 5.02 Å². The van der Waals surface area contributed by atoms with E-state index >= 15 is 0 Å². The molecule has 1 saturated heterocycles. The molecule has 0 amide bonds. The summed E-state index contributed by atoms with van der Waals surface area (Å²) in [5, 5.41) is 17.1. The van der Waals surface area contributed by atoms with E-state index in [1.807, 2.05) is 18.2 Å². The molecule has 6 nitrogen and oxygen atoms in total. The SMILES string of the molecule is O=C(O)/C=C\C(=O)O.O=C1C=C2CN(Cc3ccc(Cl)cc3)CCC2S1. The topological polar surface area (TPSA) is 94.9 Å². The summed E-state index contributed by atoms with van der Waals surface area (Å²) in [5.41, 5.74) is 2.57. The molecular weight excluding hydrogens is 378 g/mol. The molecule has 1 atom stereocenters. The molecule has 0 saturated carbocycles. The largest absolute Gasteiger partial charge is 0.478 e. The Bertz CT molecular complexity index is 728. The molecule has 2 heterocycles. The quantitative estimate of drug-likeness (QED) is 0.757. The Balaban J connectivity index is 0.000000260. The Kier molecular flexibility index (Phi) is 7.44. The molecule has 2 aliphatic heterocycles. The maximum Gasteiger partial charge on any atom is 0.328 e. The van der Waals surface area contributed by atoms with Crippen molar-refractivity contribution in [3.05, 3.63) is 58.7 Å². The van der Waals surface area contributed by atoms with Crippen LogP contribution in [0.4, 0.5) is 0 Å². The molecule has 0 aromatic heterocycles. The molecule has 1 fully saturated rings. The molecule has 3 rings (SSSR count). The van der Waals surface area contributed by atoms with Gasteiger partial charge in [0.05, 0.1) is 0 Å². The summed E-state index contributed by atoms with van der Waals surface area (Å²) >= 11 is 7.36. The van der Waals surface area contributed by atoms with E-state index in [2.05, 4.69) is 17.0 Å². The molecule has 2 aliphatic rings. The Labute approximate surface area is 160 Å². The van der Waals surface area contributed by atoms with Gasteiger partial charge < -0.3 is 10.2 Å². The molecule has 26 heavy (non-hydrogen) atoms. The number of carboxylic acids is 2. The fraction of sp³-hybridized carbons (Fsp3) is 0.278. The summed E-state index contributed by atoms with van der Waals surface area (Å²) in [6, 6.07) is 7.99. The number of benzene rings is 1. The van der Waals surface area contributed by atoms with Crippen LogP contribution in [-0.2, 0) is 20.9 Å². The summed E-state index contributed by atoms with van der Waals surface area (Å²) in [6.07, 6.45) is 4.02. The van der Waals surface area contributed by atoms with E-state index < -0.39 is 11.9 Å². The lowest BCUT2D eigenvalue weighted by Crippen LogP contribution is -2.35. The Morgan fingerprint density at radius 3 is 2.38 bits per heavy atom. The molecule has 1 aromatic carbocycles. The Morgan fingerprint density at radius 2 is 1.81 bits per heavy atom. The number of likely N-dealkylation sites (tertiary alicyclic amines) is 1. The lowest BCUT2D eigenvalue weighted by atomic mass is 10.0. The number of thioether (sulfide) groups is 1. The molecule has 1 aromatic rings. The van der Waals surface area contributed by atoms with Gasteiger partial charge in [0.25, 0.3) is 0 Å². The molecule has 1 unspecified atom stereocenters. The first-order chi connectivity index (χ1) is 12.3. The molecule has 2 N–H and O–H groups in total. The van der Waals surface area contributed by atoms with Crippen molar-refractivity contribution in [3.63, 3.8) is 0 Å². The number of carbonyl (C=O) groups is 3. The van der Waals surface area contributed by atoms with Gasteiger partial charge in [0.1, 0.15) is 0 Å². The van der Waals surface area contributed by atoms with E-state index in [1.54, 1.807) is 0 Å². The van der Waals surface area contributed by atoms with Crippen LogP contribution in [-0.4, -0.2) is 50.5 Å². The minimum atomic E-state index is -1.26. The van der Waals surface area contributed by atoms with Crippen LogP contribution in [0.5, 0.6) is 0 Å². The van der Waals surface area contributed by atoms with Crippen LogP contribution < -0.4 is 0 Å². The maximum atomic E-state index is 11.4. The predicted molar refractivity (Wildman–Crippen MR) is 100 cm³/mol. The smallest absolute Gasteiger partial charge is 0.328 e. The fourth-order valence-electron chi connectivity index (χ4n) is 2.65. The average molecular weight is 396 g/mol. The van der Waals surface area contributed by atoms with Gasteiger partial charge >= 0.3 is 11.9 Å². The molecule has 0 aliphatic carbocycles. The van der Waals surface area contributed by atoms with Gasteiger partial charge in [-0.05, 0) is 35.8 Å². The zero-order valence-electron chi connectivity index (χ0n) is 13.8. The van der Waals surface area contributed by atoms with Gasteiger partial charge in [-0.3, -0.25) is 9.69 Å². The number of hydrogen-bond acceptors (Lipinski definition) is 5. The lowest BCUT2D eigenvalue weighted by Gasteiger charge is -2.31. The van der Waals surface area contributed by atoms with Crippen molar-refractivity contribution < 1.29 is 24.6 Å². The third kappa shape index (κ3) is 6.67. The van der Waals surface area contributed by atoms with Crippen molar-refractivity contribution in [2.24, 2.45) is 0 Å². The van der Waals surface area contributed by atoms with Crippen molar-refractivity contribution in [3.8, 4) is 0 Å². The lowest BCUT2D eigenvalue weighted by molar-refractivity contribution is -0.134. The van der Waals surface area contributed by atoms with Crippen molar-refractivity contribution in [1.29, 1.82) is 0 Å².